The third kappa shape index (κ3) is 5.09. The van der Waals surface area contributed by atoms with E-state index in [0.29, 0.717) is 17.2 Å². The number of unbranched alkanes of at least 4 members (excludes halogenated alkanes) is 2. The highest BCUT2D eigenvalue weighted by Gasteiger charge is 2.34. The highest BCUT2D eigenvalue weighted by molar-refractivity contribution is 6.33. The van der Waals surface area contributed by atoms with E-state index in [-0.39, 0.29) is 28.5 Å². The van der Waals surface area contributed by atoms with Gasteiger partial charge in [0.2, 0.25) is 5.43 Å². The van der Waals surface area contributed by atoms with Crippen molar-refractivity contribution in [3.05, 3.63) is 50.8 Å². The average molecular weight is 403 g/mol. The fourth-order valence-corrected chi connectivity index (χ4v) is 2.62. The molecule has 0 radical (unpaired) electrons. The molecule has 0 aliphatic heterocycles. The first-order valence-electron chi connectivity index (χ1n) is 8.27. The van der Waals surface area contributed by atoms with E-state index in [1.54, 1.807) is 0 Å². The molecule has 0 amide bonds. The van der Waals surface area contributed by atoms with Crippen molar-refractivity contribution in [3.63, 3.8) is 0 Å². The van der Waals surface area contributed by atoms with Crippen molar-refractivity contribution in [2.45, 2.75) is 32.4 Å². The summed E-state index contributed by atoms with van der Waals surface area (Å²) in [6, 6.07) is 4.55. The van der Waals surface area contributed by atoms with Crippen molar-refractivity contribution in [2.75, 3.05) is 6.61 Å². The van der Waals surface area contributed by atoms with Crippen LogP contribution in [0.25, 0.3) is 11.3 Å². The summed E-state index contributed by atoms with van der Waals surface area (Å²) < 4.78 is 44.4. The van der Waals surface area contributed by atoms with Crippen LogP contribution in [0.5, 0.6) is 0 Å². The molecule has 146 valence electrons. The maximum atomic E-state index is 12.9. The lowest BCUT2D eigenvalue weighted by Crippen LogP contribution is -2.22. The lowest BCUT2D eigenvalue weighted by atomic mass is 10.1. The number of hydrogen-bond acceptors (Lipinski definition) is 4. The number of ether oxygens (including phenoxy) is 1. The van der Waals surface area contributed by atoms with Crippen molar-refractivity contribution >= 4 is 17.6 Å². The summed E-state index contributed by atoms with van der Waals surface area (Å²) in [5.74, 6) is -0.665. The minimum absolute atomic E-state index is 0.0226. The lowest BCUT2D eigenvalue weighted by molar-refractivity contribution is -0.144. The molecule has 0 saturated heterocycles. The van der Waals surface area contributed by atoms with Crippen LogP contribution in [-0.4, -0.2) is 22.4 Å². The quantitative estimate of drug-likeness (QED) is 0.528. The van der Waals surface area contributed by atoms with Crippen molar-refractivity contribution < 1.29 is 22.7 Å². The summed E-state index contributed by atoms with van der Waals surface area (Å²) in [5.41, 5.74) is -2.10. The normalized spacial score (nSPS) is 11.5. The molecule has 0 aliphatic carbocycles. The number of aryl methyl sites for hydroxylation is 1. The van der Waals surface area contributed by atoms with Crippen LogP contribution in [0, 0.1) is 0 Å². The molecule has 1 aromatic heterocycles. The van der Waals surface area contributed by atoms with Gasteiger partial charge in [0.1, 0.15) is 11.4 Å². The van der Waals surface area contributed by atoms with Gasteiger partial charge in [-0.3, -0.25) is 9.48 Å². The number of halogens is 4. The molecule has 2 rings (SSSR count). The van der Waals surface area contributed by atoms with Crippen LogP contribution in [0.1, 0.15) is 42.2 Å². The van der Waals surface area contributed by atoms with Crippen LogP contribution < -0.4 is 5.43 Å². The zero-order valence-electron chi connectivity index (χ0n) is 14.8. The van der Waals surface area contributed by atoms with Crippen LogP contribution in [0.15, 0.2) is 29.1 Å². The average Bonchev–Trinajstić information content (AvgIpc) is 2.60. The van der Waals surface area contributed by atoms with Crippen molar-refractivity contribution in [1.82, 2.24) is 9.78 Å². The van der Waals surface area contributed by atoms with E-state index in [0.717, 1.165) is 19.9 Å². The first-order valence-corrected chi connectivity index (χ1v) is 8.65. The van der Waals surface area contributed by atoms with Crippen LogP contribution in [0.3, 0.4) is 0 Å². The second-order valence-corrected chi connectivity index (χ2v) is 6.31. The van der Waals surface area contributed by atoms with E-state index in [1.165, 1.54) is 18.2 Å². The lowest BCUT2D eigenvalue weighted by Gasteiger charge is -2.13. The Hall–Kier alpha value is -2.35. The minimum atomic E-state index is -4.70. The standard InChI is InChI=1S/C18H18ClF3N2O3/c1-3-4-5-8-27-17(26)12-9-11(6-7-13(12)19)16-14(25)10-15(18(20,21)22)24(2)23-16/h6-7,9-10H,3-5,8H2,1-2H3. The third-order valence-electron chi connectivity index (χ3n) is 3.83. The Morgan fingerprint density at radius 2 is 1.96 bits per heavy atom. The molecule has 1 aromatic carbocycles. The second kappa shape index (κ2) is 8.56. The molecule has 0 spiro atoms. The molecule has 0 N–H and O–H groups in total. The Morgan fingerprint density at radius 3 is 2.59 bits per heavy atom. The number of benzene rings is 1. The highest BCUT2D eigenvalue weighted by atomic mass is 35.5. The molecule has 0 atom stereocenters. The number of carbonyl (C=O) groups excluding carboxylic acids is 1. The van der Waals surface area contributed by atoms with Crippen LogP contribution in [0.4, 0.5) is 13.2 Å². The van der Waals surface area contributed by atoms with E-state index in [1.807, 2.05) is 6.92 Å². The van der Waals surface area contributed by atoms with E-state index in [9.17, 15) is 22.8 Å². The number of carbonyl (C=O) groups is 1. The summed E-state index contributed by atoms with van der Waals surface area (Å²) in [5, 5.41) is 3.83. The summed E-state index contributed by atoms with van der Waals surface area (Å²) in [4.78, 5) is 24.3. The van der Waals surface area contributed by atoms with Crippen molar-refractivity contribution in [1.29, 1.82) is 0 Å². The van der Waals surface area contributed by atoms with Gasteiger partial charge in [-0.15, -0.1) is 0 Å². The monoisotopic (exact) mass is 402 g/mol. The number of nitrogens with zero attached hydrogens (tertiary/aromatic N) is 2. The van der Waals surface area contributed by atoms with Gasteiger partial charge in [-0.2, -0.15) is 18.3 Å². The Balaban J connectivity index is 2.37. The Labute approximate surface area is 158 Å². The molecular weight excluding hydrogens is 385 g/mol. The predicted octanol–water partition coefficient (Wildman–Crippen LogP) is 4.47. The molecule has 0 aliphatic rings. The molecule has 0 fully saturated rings. The van der Waals surface area contributed by atoms with Gasteiger partial charge >= 0.3 is 12.1 Å². The molecule has 0 unspecified atom stereocenters. The number of esters is 1. The van der Waals surface area contributed by atoms with Crippen LogP contribution in [0.2, 0.25) is 5.02 Å². The Morgan fingerprint density at radius 1 is 1.26 bits per heavy atom. The predicted molar refractivity (Wildman–Crippen MR) is 94.7 cm³/mol. The fourth-order valence-electron chi connectivity index (χ4n) is 2.43. The topological polar surface area (TPSA) is 61.2 Å². The van der Waals surface area contributed by atoms with Gasteiger partial charge < -0.3 is 4.74 Å². The Kier molecular flexibility index (Phi) is 6.64. The van der Waals surface area contributed by atoms with E-state index in [4.69, 9.17) is 16.3 Å². The maximum Gasteiger partial charge on any atom is 0.433 e. The maximum absolute atomic E-state index is 12.9. The number of alkyl halides is 3. The molecule has 5 nitrogen and oxygen atoms in total. The minimum Gasteiger partial charge on any atom is -0.462 e. The van der Waals surface area contributed by atoms with E-state index < -0.39 is 23.3 Å². The smallest absolute Gasteiger partial charge is 0.433 e. The van der Waals surface area contributed by atoms with E-state index >= 15 is 0 Å². The van der Waals surface area contributed by atoms with Gasteiger partial charge in [-0.05, 0) is 18.6 Å². The summed E-state index contributed by atoms with van der Waals surface area (Å²) in [6.45, 7) is 2.24. The third-order valence-corrected chi connectivity index (χ3v) is 4.16. The van der Waals surface area contributed by atoms with Gasteiger partial charge in [0.15, 0.2) is 0 Å². The zero-order chi connectivity index (χ0) is 20.2. The molecular formula is C18H18ClF3N2O3. The summed E-state index contributed by atoms with van der Waals surface area (Å²) in [6.07, 6.45) is -2.11. The molecule has 27 heavy (non-hydrogen) atoms. The van der Waals surface area contributed by atoms with Gasteiger partial charge in [0, 0.05) is 18.7 Å². The van der Waals surface area contributed by atoms with Gasteiger partial charge in [-0.25, -0.2) is 4.79 Å². The molecule has 0 saturated carbocycles. The van der Waals surface area contributed by atoms with Crippen LogP contribution >= 0.6 is 11.6 Å². The summed E-state index contributed by atoms with van der Waals surface area (Å²) in [7, 11) is 1.09. The first kappa shape index (κ1) is 21.0. The number of aromatic nitrogens is 2. The first-order chi connectivity index (χ1) is 12.6. The molecule has 9 heteroatoms. The zero-order valence-corrected chi connectivity index (χ0v) is 15.5. The fraction of sp³-hybridized carbons (Fsp3) is 0.389. The summed E-state index contributed by atoms with van der Waals surface area (Å²) >= 11 is 6.02. The van der Waals surface area contributed by atoms with Gasteiger partial charge in [-0.1, -0.05) is 37.4 Å². The van der Waals surface area contributed by atoms with E-state index in [2.05, 4.69) is 5.10 Å². The number of hydrogen-bond donors (Lipinski definition) is 0. The largest absolute Gasteiger partial charge is 0.462 e. The molecule has 0 bridgehead atoms. The Bertz CT molecular complexity index is 894. The van der Waals surface area contributed by atoms with Crippen molar-refractivity contribution in [3.8, 4) is 11.3 Å². The van der Waals surface area contributed by atoms with Gasteiger partial charge in [0.05, 0.1) is 17.2 Å². The highest BCUT2D eigenvalue weighted by Crippen LogP contribution is 2.29. The number of rotatable bonds is 6. The van der Waals surface area contributed by atoms with Crippen molar-refractivity contribution in [2.24, 2.45) is 7.05 Å². The van der Waals surface area contributed by atoms with Crippen LogP contribution in [-0.2, 0) is 18.0 Å². The molecule has 2 aromatic rings. The SMILES string of the molecule is CCCCCOC(=O)c1cc(-c2nn(C)c(C(F)(F)F)cc2=O)ccc1Cl. The molecule has 1 heterocycles. The second-order valence-electron chi connectivity index (χ2n) is 5.90. The van der Waals surface area contributed by atoms with Gasteiger partial charge in [0.25, 0.3) is 0 Å².